The Morgan fingerprint density at radius 3 is 2.50 bits per heavy atom. The number of para-hydroxylation sites is 1. The van der Waals surface area contributed by atoms with Crippen molar-refractivity contribution in [2.45, 2.75) is 0 Å². The van der Waals surface area contributed by atoms with Gasteiger partial charge in [-0.15, -0.1) is 0 Å². The summed E-state index contributed by atoms with van der Waals surface area (Å²) in [7, 11) is 0. The quantitative estimate of drug-likeness (QED) is 0.724. The van der Waals surface area contributed by atoms with Crippen molar-refractivity contribution in [2.24, 2.45) is 0 Å². The SMILES string of the molecule is Fc1ccccc1Oc1ccccn1. The number of aromatic nitrogens is 1. The molecule has 0 amide bonds. The van der Waals surface area contributed by atoms with Gasteiger partial charge < -0.3 is 4.74 Å². The van der Waals surface area contributed by atoms with Crippen LogP contribution in [-0.2, 0) is 0 Å². The van der Waals surface area contributed by atoms with E-state index in [1.165, 1.54) is 6.07 Å². The smallest absolute Gasteiger partial charge is 0.219 e. The number of pyridine rings is 1. The number of halogens is 1. The number of benzene rings is 1. The third-order valence-corrected chi connectivity index (χ3v) is 1.69. The maximum Gasteiger partial charge on any atom is 0.219 e. The highest BCUT2D eigenvalue weighted by molar-refractivity contribution is 5.28. The van der Waals surface area contributed by atoms with Crippen LogP contribution in [-0.4, -0.2) is 4.98 Å². The summed E-state index contributed by atoms with van der Waals surface area (Å²) in [4.78, 5) is 3.93. The van der Waals surface area contributed by atoms with Crippen LogP contribution in [0.25, 0.3) is 0 Å². The van der Waals surface area contributed by atoms with Crippen LogP contribution in [0.3, 0.4) is 0 Å². The van der Waals surface area contributed by atoms with Crippen molar-refractivity contribution < 1.29 is 9.13 Å². The first-order valence-electron chi connectivity index (χ1n) is 4.20. The summed E-state index contributed by atoms with van der Waals surface area (Å²) in [5.74, 6) is 0.182. The van der Waals surface area contributed by atoms with E-state index in [-0.39, 0.29) is 5.75 Å². The summed E-state index contributed by atoms with van der Waals surface area (Å²) in [6.45, 7) is 0. The van der Waals surface area contributed by atoms with Crippen LogP contribution in [0.5, 0.6) is 11.6 Å². The third kappa shape index (κ3) is 1.88. The lowest BCUT2D eigenvalue weighted by atomic mass is 10.3. The summed E-state index contributed by atoms with van der Waals surface area (Å²) < 4.78 is 18.3. The third-order valence-electron chi connectivity index (χ3n) is 1.69. The lowest BCUT2D eigenvalue weighted by molar-refractivity contribution is 0.427. The van der Waals surface area contributed by atoms with E-state index >= 15 is 0 Å². The van der Waals surface area contributed by atoms with E-state index in [4.69, 9.17) is 4.74 Å². The van der Waals surface area contributed by atoms with Crippen LogP contribution >= 0.6 is 0 Å². The fraction of sp³-hybridized carbons (Fsp3) is 0. The van der Waals surface area contributed by atoms with E-state index in [0.717, 1.165) is 0 Å². The Balaban J connectivity index is 2.24. The van der Waals surface area contributed by atoms with Gasteiger partial charge >= 0.3 is 0 Å². The maximum absolute atomic E-state index is 13.1. The maximum atomic E-state index is 13.1. The molecule has 0 N–H and O–H groups in total. The van der Waals surface area contributed by atoms with Crippen molar-refractivity contribution in [3.05, 3.63) is 54.5 Å². The molecule has 70 valence electrons. The second-order valence-corrected chi connectivity index (χ2v) is 2.70. The van der Waals surface area contributed by atoms with Gasteiger partial charge in [0.1, 0.15) is 0 Å². The molecule has 0 fully saturated rings. The molecule has 2 nitrogen and oxygen atoms in total. The monoisotopic (exact) mass is 189 g/mol. The number of hydrogen-bond donors (Lipinski definition) is 0. The van der Waals surface area contributed by atoms with Gasteiger partial charge in [-0.1, -0.05) is 18.2 Å². The Bertz CT molecular complexity index is 417. The van der Waals surface area contributed by atoms with Crippen molar-refractivity contribution in [2.75, 3.05) is 0 Å². The molecule has 0 spiro atoms. The van der Waals surface area contributed by atoms with Gasteiger partial charge in [-0.3, -0.25) is 0 Å². The summed E-state index contributed by atoms with van der Waals surface area (Å²) in [6, 6.07) is 11.5. The van der Waals surface area contributed by atoms with E-state index in [1.54, 1.807) is 42.6 Å². The van der Waals surface area contributed by atoms with E-state index in [9.17, 15) is 4.39 Å². The highest BCUT2D eigenvalue weighted by Gasteiger charge is 2.02. The van der Waals surface area contributed by atoms with E-state index in [1.807, 2.05) is 0 Å². The minimum Gasteiger partial charge on any atom is -0.436 e. The zero-order valence-electron chi connectivity index (χ0n) is 7.35. The molecule has 0 bridgehead atoms. The highest BCUT2D eigenvalue weighted by atomic mass is 19.1. The topological polar surface area (TPSA) is 22.1 Å². The number of hydrogen-bond acceptors (Lipinski definition) is 2. The molecule has 14 heavy (non-hydrogen) atoms. The molecule has 0 atom stereocenters. The number of nitrogens with zero attached hydrogens (tertiary/aromatic N) is 1. The predicted octanol–water partition coefficient (Wildman–Crippen LogP) is 3.01. The predicted molar refractivity (Wildman–Crippen MR) is 50.7 cm³/mol. The molecule has 1 heterocycles. The summed E-state index contributed by atoms with van der Waals surface area (Å²) >= 11 is 0. The van der Waals surface area contributed by atoms with Crippen molar-refractivity contribution in [3.8, 4) is 11.6 Å². The number of rotatable bonds is 2. The van der Waals surface area contributed by atoms with E-state index < -0.39 is 5.82 Å². The summed E-state index contributed by atoms with van der Waals surface area (Å²) in [5.41, 5.74) is 0. The Kier molecular flexibility index (Phi) is 2.40. The molecule has 1 aromatic heterocycles. The van der Waals surface area contributed by atoms with Crippen LogP contribution in [0.2, 0.25) is 0 Å². The Labute approximate surface area is 81.0 Å². The summed E-state index contributed by atoms with van der Waals surface area (Å²) in [5, 5.41) is 0. The van der Waals surface area contributed by atoms with Crippen molar-refractivity contribution in [3.63, 3.8) is 0 Å². The normalized spacial score (nSPS) is 9.79. The van der Waals surface area contributed by atoms with Crippen LogP contribution in [0, 0.1) is 5.82 Å². The van der Waals surface area contributed by atoms with Gasteiger partial charge in [0.2, 0.25) is 5.88 Å². The zero-order chi connectivity index (χ0) is 9.80. The van der Waals surface area contributed by atoms with Gasteiger partial charge in [0.15, 0.2) is 11.6 Å². The zero-order valence-corrected chi connectivity index (χ0v) is 7.35. The van der Waals surface area contributed by atoms with E-state index in [0.29, 0.717) is 5.88 Å². The largest absolute Gasteiger partial charge is 0.436 e. The van der Waals surface area contributed by atoms with Crippen LogP contribution in [0.15, 0.2) is 48.7 Å². The molecule has 0 aliphatic heterocycles. The Morgan fingerprint density at radius 2 is 1.79 bits per heavy atom. The molecule has 2 rings (SSSR count). The molecule has 0 saturated carbocycles. The van der Waals surface area contributed by atoms with Gasteiger partial charge in [0.25, 0.3) is 0 Å². The van der Waals surface area contributed by atoms with Gasteiger partial charge in [0.05, 0.1) is 0 Å². The lowest BCUT2D eigenvalue weighted by Gasteiger charge is -2.04. The molecule has 0 radical (unpaired) electrons. The molecular formula is C11H8FNO. The fourth-order valence-corrected chi connectivity index (χ4v) is 1.05. The van der Waals surface area contributed by atoms with Crippen molar-refractivity contribution in [1.29, 1.82) is 0 Å². The van der Waals surface area contributed by atoms with E-state index in [2.05, 4.69) is 4.98 Å². The minimum atomic E-state index is -0.391. The lowest BCUT2D eigenvalue weighted by Crippen LogP contribution is -1.89. The second kappa shape index (κ2) is 3.87. The van der Waals surface area contributed by atoms with Gasteiger partial charge in [0, 0.05) is 12.3 Å². The van der Waals surface area contributed by atoms with Crippen molar-refractivity contribution in [1.82, 2.24) is 4.98 Å². The number of ether oxygens (including phenoxy) is 1. The molecule has 2 aromatic rings. The first-order valence-corrected chi connectivity index (χ1v) is 4.20. The van der Waals surface area contributed by atoms with Crippen LogP contribution in [0.1, 0.15) is 0 Å². The first kappa shape index (κ1) is 8.69. The highest BCUT2D eigenvalue weighted by Crippen LogP contribution is 2.21. The second-order valence-electron chi connectivity index (χ2n) is 2.70. The molecule has 0 aliphatic rings. The Hall–Kier alpha value is -1.90. The molecule has 3 heteroatoms. The standard InChI is InChI=1S/C11H8FNO/c12-9-5-1-2-6-10(9)14-11-7-3-4-8-13-11/h1-8H. The van der Waals surface area contributed by atoms with Crippen LogP contribution < -0.4 is 4.74 Å². The molecule has 0 unspecified atom stereocenters. The fourth-order valence-electron chi connectivity index (χ4n) is 1.05. The molecule has 0 aliphatic carbocycles. The molecule has 1 aromatic carbocycles. The van der Waals surface area contributed by atoms with Crippen LogP contribution in [0.4, 0.5) is 4.39 Å². The van der Waals surface area contributed by atoms with Crippen molar-refractivity contribution >= 4 is 0 Å². The first-order chi connectivity index (χ1) is 6.86. The van der Waals surface area contributed by atoms with Gasteiger partial charge in [-0.2, -0.15) is 0 Å². The average Bonchev–Trinajstić information content (AvgIpc) is 2.23. The minimum absolute atomic E-state index is 0.186. The molecule has 0 saturated heterocycles. The van der Waals surface area contributed by atoms with Gasteiger partial charge in [-0.05, 0) is 18.2 Å². The Morgan fingerprint density at radius 1 is 1.00 bits per heavy atom. The molecular weight excluding hydrogens is 181 g/mol. The summed E-state index contributed by atoms with van der Waals surface area (Å²) in [6.07, 6.45) is 1.59. The van der Waals surface area contributed by atoms with Gasteiger partial charge in [-0.25, -0.2) is 9.37 Å². The average molecular weight is 189 g/mol.